The molecule has 2 rings (SSSR count). The van der Waals surface area contributed by atoms with Crippen molar-refractivity contribution >= 4 is 23.3 Å². The van der Waals surface area contributed by atoms with Crippen molar-refractivity contribution in [3.8, 4) is 0 Å². The maximum Gasteiger partial charge on any atom is 0.337 e. The molecule has 0 aromatic heterocycles. The third kappa shape index (κ3) is 3.57. The summed E-state index contributed by atoms with van der Waals surface area (Å²) in [5.74, 6) is -0.844. The summed E-state index contributed by atoms with van der Waals surface area (Å²) in [4.78, 5) is 34.1. The Labute approximate surface area is 138 Å². The largest absolute Gasteiger partial charge is 0.465 e. The molecule has 0 heterocycles. The molecule has 0 saturated heterocycles. The van der Waals surface area contributed by atoms with E-state index in [2.05, 4.69) is 10.1 Å². The maximum atomic E-state index is 12.3. The number of hydrogen-bond acceptors (Lipinski definition) is 5. The zero-order valence-corrected chi connectivity index (χ0v) is 13.5. The lowest BCUT2D eigenvalue weighted by Crippen LogP contribution is -2.13. The molecule has 2 aromatic carbocycles. The fraction of sp³-hybridized carbons (Fsp3) is 0.176. The predicted molar refractivity (Wildman–Crippen MR) is 88.3 cm³/mol. The molecule has 2 aromatic rings. The van der Waals surface area contributed by atoms with Gasteiger partial charge in [-0.2, -0.15) is 0 Å². The van der Waals surface area contributed by atoms with Gasteiger partial charge in [0, 0.05) is 22.9 Å². The van der Waals surface area contributed by atoms with Gasteiger partial charge >= 0.3 is 5.97 Å². The Morgan fingerprint density at radius 1 is 1.04 bits per heavy atom. The molecule has 0 atom stereocenters. The first-order chi connectivity index (χ1) is 11.3. The van der Waals surface area contributed by atoms with Gasteiger partial charge in [0.15, 0.2) is 0 Å². The van der Waals surface area contributed by atoms with Gasteiger partial charge < -0.3 is 10.1 Å². The highest BCUT2D eigenvalue weighted by Crippen LogP contribution is 2.21. The van der Waals surface area contributed by atoms with Crippen molar-refractivity contribution < 1.29 is 19.2 Å². The first-order valence-corrected chi connectivity index (χ1v) is 7.09. The quantitative estimate of drug-likeness (QED) is 0.527. The van der Waals surface area contributed by atoms with Gasteiger partial charge in [-0.1, -0.05) is 0 Å². The van der Waals surface area contributed by atoms with E-state index in [0.29, 0.717) is 27.9 Å². The van der Waals surface area contributed by atoms with E-state index >= 15 is 0 Å². The number of methoxy groups -OCH3 is 1. The van der Waals surface area contributed by atoms with Crippen molar-refractivity contribution in [1.82, 2.24) is 0 Å². The number of carbonyl (C=O) groups excluding carboxylic acids is 2. The van der Waals surface area contributed by atoms with Gasteiger partial charge in [0.25, 0.3) is 11.6 Å². The highest BCUT2D eigenvalue weighted by atomic mass is 16.6. The second-order valence-corrected chi connectivity index (χ2v) is 5.23. The Balaban J connectivity index is 2.22. The number of ether oxygens (including phenoxy) is 1. The third-order valence-electron chi connectivity index (χ3n) is 3.55. The molecule has 7 nitrogen and oxygen atoms in total. The number of carbonyl (C=O) groups is 2. The van der Waals surface area contributed by atoms with Gasteiger partial charge in [-0.25, -0.2) is 4.79 Å². The number of nitro benzene ring substituents is 1. The topological polar surface area (TPSA) is 98.5 Å². The molecule has 0 bridgehead atoms. The van der Waals surface area contributed by atoms with Crippen molar-refractivity contribution in [3.63, 3.8) is 0 Å². The number of amides is 1. The number of anilines is 1. The van der Waals surface area contributed by atoms with Crippen LogP contribution >= 0.6 is 0 Å². The summed E-state index contributed by atoms with van der Waals surface area (Å²) in [6, 6.07) is 8.94. The van der Waals surface area contributed by atoms with E-state index in [1.54, 1.807) is 32.0 Å². The van der Waals surface area contributed by atoms with Crippen molar-refractivity contribution in [3.05, 3.63) is 68.8 Å². The maximum absolute atomic E-state index is 12.3. The van der Waals surface area contributed by atoms with Gasteiger partial charge in [0.05, 0.1) is 17.6 Å². The summed E-state index contributed by atoms with van der Waals surface area (Å²) in [5.41, 5.74) is 2.32. The highest BCUT2D eigenvalue weighted by Gasteiger charge is 2.15. The molecule has 0 saturated carbocycles. The van der Waals surface area contributed by atoms with Crippen LogP contribution in [0.5, 0.6) is 0 Å². The molecule has 1 amide bonds. The van der Waals surface area contributed by atoms with Crippen LogP contribution in [0.1, 0.15) is 31.8 Å². The van der Waals surface area contributed by atoms with E-state index < -0.39 is 10.9 Å². The summed E-state index contributed by atoms with van der Waals surface area (Å²) in [6.07, 6.45) is 0. The lowest BCUT2D eigenvalue weighted by molar-refractivity contribution is -0.385. The first kappa shape index (κ1) is 17.1. The number of aryl methyl sites for hydroxylation is 2. The van der Waals surface area contributed by atoms with Gasteiger partial charge in [-0.15, -0.1) is 0 Å². The predicted octanol–water partition coefficient (Wildman–Crippen LogP) is 3.25. The lowest BCUT2D eigenvalue weighted by Gasteiger charge is -2.10. The average Bonchev–Trinajstić information content (AvgIpc) is 2.55. The zero-order chi connectivity index (χ0) is 17.9. The molecule has 0 aliphatic rings. The first-order valence-electron chi connectivity index (χ1n) is 7.09. The van der Waals surface area contributed by atoms with Gasteiger partial charge in [0.2, 0.25) is 0 Å². The van der Waals surface area contributed by atoms with Crippen LogP contribution in [0.2, 0.25) is 0 Å². The molecule has 0 spiro atoms. The van der Waals surface area contributed by atoms with E-state index in [1.807, 2.05) is 0 Å². The van der Waals surface area contributed by atoms with E-state index in [1.165, 1.54) is 25.3 Å². The van der Waals surface area contributed by atoms with Crippen LogP contribution < -0.4 is 5.32 Å². The van der Waals surface area contributed by atoms with Crippen LogP contribution in [0.4, 0.5) is 11.4 Å². The standard InChI is InChI=1S/C17H16N2O5/c1-10-8-13(17(21)24-3)4-6-14(10)18-16(20)12-5-7-15(19(22)23)11(2)9-12/h4-9H,1-3H3,(H,18,20). The third-order valence-corrected chi connectivity index (χ3v) is 3.55. The molecule has 0 aliphatic carbocycles. The van der Waals surface area contributed by atoms with Crippen LogP contribution in [0.25, 0.3) is 0 Å². The fourth-order valence-corrected chi connectivity index (χ4v) is 2.24. The van der Waals surface area contributed by atoms with Crippen molar-refractivity contribution in [2.24, 2.45) is 0 Å². The Morgan fingerprint density at radius 2 is 1.67 bits per heavy atom. The zero-order valence-electron chi connectivity index (χ0n) is 13.5. The molecular weight excluding hydrogens is 312 g/mol. The molecule has 7 heteroatoms. The van der Waals surface area contributed by atoms with Crippen LogP contribution in [-0.4, -0.2) is 23.9 Å². The average molecular weight is 328 g/mol. The van der Waals surface area contributed by atoms with E-state index in [4.69, 9.17) is 0 Å². The Morgan fingerprint density at radius 3 is 2.21 bits per heavy atom. The van der Waals surface area contributed by atoms with Crippen molar-refractivity contribution in [2.45, 2.75) is 13.8 Å². The second kappa shape index (κ2) is 6.91. The second-order valence-electron chi connectivity index (χ2n) is 5.23. The smallest absolute Gasteiger partial charge is 0.337 e. The van der Waals surface area contributed by atoms with Gasteiger partial charge in [0.1, 0.15) is 0 Å². The molecule has 1 N–H and O–H groups in total. The fourth-order valence-electron chi connectivity index (χ4n) is 2.24. The van der Waals surface area contributed by atoms with Crippen LogP contribution in [0.15, 0.2) is 36.4 Å². The normalized spacial score (nSPS) is 10.1. The lowest BCUT2D eigenvalue weighted by atomic mass is 10.1. The highest BCUT2D eigenvalue weighted by molar-refractivity contribution is 6.05. The van der Waals surface area contributed by atoms with Crippen LogP contribution in [0, 0.1) is 24.0 Å². The monoisotopic (exact) mass is 328 g/mol. The summed E-state index contributed by atoms with van der Waals surface area (Å²) in [5, 5.41) is 13.5. The Bertz CT molecular complexity index is 830. The molecule has 0 unspecified atom stereocenters. The molecule has 0 radical (unpaired) electrons. The Hall–Kier alpha value is -3.22. The van der Waals surface area contributed by atoms with Crippen molar-refractivity contribution in [2.75, 3.05) is 12.4 Å². The van der Waals surface area contributed by atoms with Gasteiger partial charge in [-0.3, -0.25) is 14.9 Å². The van der Waals surface area contributed by atoms with E-state index in [0.717, 1.165) is 0 Å². The number of esters is 1. The minimum absolute atomic E-state index is 0.0369. The summed E-state index contributed by atoms with van der Waals surface area (Å²) in [6.45, 7) is 3.33. The number of nitrogens with zero attached hydrogens (tertiary/aromatic N) is 1. The number of nitrogens with one attached hydrogen (secondary N) is 1. The number of hydrogen-bond donors (Lipinski definition) is 1. The Kier molecular flexibility index (Phi) is 4.93. The van der Waals surface area contributed by atoms with Gasteiger partial charge in [-0.05, 0) is 49.7 Å². The minimum atomic E-state index is -0.493. The molecular formula is C17H16N2O5. The van der Waals surface area contributed by atoms with E-state index in [9.17, 15) is 19.7 Å². The summed E-state index contributed by atoms with van der Waals surface area (Å²) < 4.78 is 4.64. The molecule has 0 fully saturated rings. The molecule has 124 valence electrons. The van der Waals surface area contributed by atoms with Crippen molar-refractivity contribution in [1.29, 1.82) is 0 Å². The summed E-state index contributed by atoms with van der Waals surface area (Å²) in [7, 11) is 1.30. The van der Waals surface area contributed by atoms with Crippen LogP contribution in [0.3, 0.4) is 0 Å². The number of benzene rings is 2. The molecule has 24 heavy (non-hydrogen) atoms. The van der Waals surface area contributed by atoms with Crippen LogP contribution in [-0.2, 0) is 4.74 Å². The van der Waals surface area contributed by atoms with E-state index in [-0.39, 0.29) is 11.6 Å². The SMILES string of the molecule is COC(=O)c1ccc(NC(=O)c2ccc([N+](=O)[O-])c(C)c2)c(C)c1. The number of rotatable bonds is 4. The molecule has 0 aliphatic heterocycles. The number of nitro groups is 1. The summed E-state index contributed by atoms with van der Waals surface area (Å²) >= 11 is 0. The minimum Gasteiger partial charge on any atom is -0.465 e.